The molecule has 0 aliphatic carbocycles. The van der Waals surface area contributed by atoms with Crippen LogP contribution in [0.5, 0.6) is 0 Å². The Kier molecular flexibility index (Phi) is 2.49. The van der Waals surface area contributed by atoms with E-state index >= 15 is 0 Å². The molecular formula is C6H8N4OS. The van der Waals surface area contributed by atoms with Crippen molar-refractivity contribution in [1.29, 1.82) is 0 Å². The zero-order valence-electron chi connectivity index (χ0n) is 6.43. The molecule has 0 spiro atoms. The molecule has 2 N–H and O–H groups in total. The smallest absolute Gasteiger partial charge is 0.329 e. The maximum absolute atomic E-state index is 10.6. The normalized spacial score (nSPS) is 9.50. The van der Waals surface area contributed by atoms with Gasteiger partial charge in [0.1, 0.15) is 5.82 Å². The van der Waals surface area contributed by atoms with Gasteiger partial charge in [-0.1, -0.05) is 12.8 Å². The number of urea groups is 1. The third-order valence-corrected chi connectivity index (χ3v) is 1.65. The van der Waals surface area contributed by atoms with Crippen molar-refractivity contribution in [2.45, 2.75) is 6.92 Å². The van der Waals surface area contributed by atoms with Crippen LogP contribution in [0.2, 0.25) is 0 Å². The number of rotatable bonds is 1. The summed E-state index contributed by atoms with van der Waals surface area (Å²) >= 11 is 3.83. The molecule has 0 fully saturated rings. The number of carbonyl (C=O) groups excluding carboxylic acids is 1. The molecule has 0 bridgehead atoms. The molecule has 2 amide bonds. The van der Waals surface area contributed by atoms with Crippen LogP contribution in [0.4, 0.5) is 10.5 Å². The summed E-state index contributed by atoms with van der Waals surface area (Å²) in [6.45, 7) is 1.75. The number of aryl methyl sites for hydroxylation is 1. The zero-order chi connectivity index (χ0) is 9.14. The first-order valence-corrected chi connectivity index (χ1v) is 3.58. The van der Waals surface area contributed by atoms with Crippen LogP contribution in [0.3, 0.4) is 0 Å². The molecule has 6 heteroatoms. The molecule has 0 aliphatic rings. The third-order valence-electron chi connectivity index (χ3n) is 1.22. The molecule has 64 valence electrons. The summed E-state index contributed by atoms with van der Waals surface area (Å²) in [7, 11) is 0. The molecular weight excluding hydrogens is 176 g/mol. The van der Waals surface area contributed by atoms with Crippen LogP contribution in [0, 0.1) is 6.92 Å². The van der Waals surface area contributed by atoms with Crippen molar-refractivity contribution in [2.75, 3.05) is 4.31 Å². The predicted molar refractivity (Wildman–Crippen MR) is 47.8 cm³/mol. The van der Waals surface area contributed by atoms with Gasteiger partial charge in [-0.3, -0.25) is 0 Å². The maximum Gasteiger partial charge on any atom is 0.329 e. The summed E-state index contributed by atoms with van der Waals surface area (Å²) < 4.78 is 0.972. The van der Waals surface area contributed by atoms with E-state index in [1.54, 1.807) is 6.92 Å². The first-order chi connectivity index (χ1) is 5.61. The first-order valence-electron chi connectivity index (χ1n) is 3.18. The number of aromatic nitrogens is 2. The molecule has 12 heavy (non-hydrogen) atoms. The van der Waals surface area contributed by atoms with Crippen molar-refractivity contribution >= 4 is 24.5 Å². The van der Waals surface area contributed by atoms with Crippen LogP contribution >= 0.6 is 12.8 Å². The Hall–Kier alpha value is -1.30. The quantitative estimate of drug-likeness (QED) is 0.625. The lowest BCUT2D eigenvalue weighted by atomic mass is 10.5. The van der Waals surface area contributed by atoms with Gasteiger partial charge in [0.25, 0.3) is 0 Å². The van der Waals surface area contributed by atoms with E-state index in [1.807, 2.05) is 0 Å². The molecule has 1 aromatic heterocycles. The van der Waals surface area contributed by atoms with Gasteiger partial charge in [-0.15, -0.1) is 0 Å². The second-order valence-electron chi connectivity index (χ2n) is 2.14. The molecule has 0 unspecified atom stereocenters. The fourth-order valence-electron chi connectivity index (χ4n) is 0.622. The Labute approximate surface area is 75.2 Å². The van der Waals surface area contributed by atoms with E-state index < -0.39 is 6.03 Å². The maximum atomic E-state index is 10.6. The van der Waals surface area contributed by atoms with E-state index in [-0.39, 0.29) is 0 Å². The molecule has 0 saturated carbocycles. The summed E-state index contributed by atoms with van der Waals surface area (Å²) in [6.07, 6.45) is 2.94. The highest BCUT2D eigenvalue weighted by atomic mass is 32.1. The van der Waals surface area contributed by atoms with Crippen molar-refractivity contribution < 1.29 is 4.79 Å². The minimum Gasteiger partial charge on any atom is -0.350 e. The third kappa shape index (κ3) is 1.85. The van der Waals surface area contributed by atoms with Crippen molar-refractivity contribution in [1.82, 2.24) is 9.97 Å². The molecule has 0 aromatic carbocycles. The SMILES string of the molecule is Cc1ncc(N(S)C(N)=O)cn1. The Morgan fingerprint density at radius 3 is 2.50 bits per heavy atom. The Morgan fingerprint density at radius 1 is 1.58 bits per heavy atom. The van der Waals surface area contributed by atoms with Gasteiger partial charge in [0.2, 0.25) is 0 Å². The van der Waals surface area contributed by atoms with Gasteiger partial charge < -0.3 is 5.73 Å². The largest absolute Gasteiger partial charge is 0.350 e. The molecule has 0 saturated heterocycles. The van der Waals surface area contributed by atoms with Gasteiger partial charge >= 0.3 is 6.03 Å². The zero-order valence-corrected chi connectivity index (χ0v) is 7.32. The van der Waals surface area contributed by atoms with Gasteiger partial charge in [-0.05, 0) is 6.92 Å². The summed E-state index contributed by atoms with van der Waals surface area (Å²) in [4.78, 5) is 18.3. The molecule has 1 rings (SSSR count). The Balaban J connectivity index is 2.89. The van der Waals surface area contributed by atoms with E-state index in [0.29, 0.717) is 11.5 Å². The number of nitrogens with two attached hydrogens (primary N) is 1. The van der Waals surface area contributed by atoms with Crippen molar-refractivity contribution in [3.8, 4) is 0 Å². The van der Waals surface area contributed by atoms with Gasteiger partial charge in [0, 0.05) is 0 Å². The molecule has 0 aliphatic heterocycles. The number of thiol groups is 1. The summed E-state index contributed by atoms with van der Waals surface area (Å²) in [5.41, 5.74) is 5.42. The number of anilines is 1. The summed E-state index contributed by atoms with van der Waals surface area (Å²) in [6, 6.07) is -0.661. The van der Waals surface area contributed by atoms with E-state index in [1.165, 1.54) is 12.4 Å². The average Bonchev–Trinajstić information content (AvgIpc) is 2.04. The van der Waals surface area contributed by atoms with Crippen LogP contribution in [-0.2, 0) is 0 Å². The van der Waals surface area contributed by atoms with Crippen LogP contribution in [0.1, 0.15) is 5.82 Å². The summed E-state index contributed by atoms with van der Waals surface area (Å²) in [5, 5.41) is 0. The molecule has 5 nitrogen and oxygen atoms in total. The topological polar surface area (TPSA) is 72.1 Å². The van der Waals surface area contributed by atoms with Crippen LogP contribution < -0.4 is 10.0 Å². The highest BCUT2D eigenvalue weighted by Crippen LogP contribution is 2.12. The minimum atomic E-state index is -0.661. The lowest BCUT2D eigenvalue weighted by Gasteiger charge is -2.10. The average molecular weight is 184 g/mol. The Bertz CT molecular complexity index is 286. The highest BCUT2D eigenvalue weighted by molar-refractivity contribution is 7.82. The highest BCUT2D eigenvalue weighted by Gasteiger charge is 2.07. The number of amides is 2. The number of nitrogens with zero attached hydrogens (tertiary/aromatic N) is 3. The Morgan fingerprint density at radius 2 is 2.08 bits per heavy atom. The van der Waals surface area contributed by atoms with Crippen LogP contribution in [0.15, 0.2) is 12.4 Å². The number of hydrogen-bond acceptors (Lipinski definition) is 4. The molecule has 1 heterocycles. The van der Waals surface area contributed by atoms with E-state index in [0.717, 1.165) is 4.31 Å². The van der Waals surface area contributed by atoms with E-state index in [9.17, 15) is 4.79 Å². The number of primary amides is 1. The lowest BCUT2D eigenvalue weighted by Crippen LogP contribution is -2.27. The summed E-state index contributed by atoms with van der Waals surface area (Å²) in [5.74, 6) is 0.630. The molecule has 0 atom stereocenters. The van der Waals surface area contributed by atoms with Gasteiger partial charge in [0.05, 0.1) is 18.1 Å². The van der Waals surface area contributed by atoms with E-state index in [2.05, 4.69) is 22.8 Å². The fourth-order valence-corrected chi connectivity index (χ4v) is 0.726. The number of hydrogen-bond donors (Lipinski definition) is 2. The second kappa shape index (κ2) is 3.40. The second-order valence-corrected chi connectivity index (χ2v) is 2.54. The van der Waals surface area contributed by atoms with Crippen molar-refractivity contribution in [3.63, 3.8) is 0 Å². The monoisotopic (exact) mass is 184 g/mol. The number of carbonyl (C=O) groups is 1. The van der Waals surface area contributed by atoms with Crippen LogP contribution in [0.25, 0.3) is 0 Å². The van der Waals surface area contributed by atoms with Gasteiger partial charge in [-0.25, -0.2) is 19.1 Å². The van der Waals surface area contributed by atoms with Gasteiger partial charge in [-0.2, -0.15) is 0 Å². The lowest BCUT2D eigenvalue weighted by molar-refractivity contribution is 0.257. The van der Waals surface area contributed by atoms with Gasteiger partial charge in [0.15, 0.2) is 0 Å². The van der Waals surface area contributed by atoms with Crippen molar-refractivity contribution in [3.05, 3.63) is 18.2 Å². The van der Waals surface area contributed by atoms with Crippen molar-refractivity contribution in [2.24, 2.45) is 5.73 Å². The first kappa shape index (κ1) is 8.79. The molecule has 1 aromatic rings. The standard InChI is InChI=1S/C6H8N4OS/c1-4-8-2-5(3-9-4)10(12)6(7)11/h2-3,12H,1H3,(H2,7,11). The fraction of sp³-hybridized carbons (Fsp3) is 0.167. The van der Waals surface area contributed by atoms with Crippen LogP contribution in [-0.4, -0.2) is 16.0 Å². The molecule has 0 radical (unpaired) electrons. The minimum absolute atomic E-state index is 0.455. The predicted octanol–water partition coefficient (Wildman–Crippen LogP) is 0.515. The van der Waals surface area contributed by atoms with E-state index in [4.69, 9.17) is 5.73 Å².